The number of halogens is 2. The molecule has 2 rings (SSSR count). The molecule has 0 spiro atoms. The van der Waals surface area contributed by atoms with Crippen LogP contribution in [0.1, 0.15) is 11.1 Å². The summed E-state index contributed by atoms with van der Waals surface area (Å²) in [4.78, 5) is 0. The molecule has 3 nitrogen and oxygen atoms in total. The lowest BCUT2D eigenvalue weighted by Gasteiger charge is -2.11. The van der Waals surface area contributed by atoms with E-state index >= 15 is 0 Å². The fourth-order valence-electron chi connectivity index (χ4n) is 1.70. The highest BCUT2D eigenvalue weighted by molar-refractivity contribution is 9.08. The van der Waals surface area contributed by atoms with Crippen LogP contribution in [0.2, 0.25) is 0 Å². The molecule has 0 heterocycles. The Balaban J connectivity index is 2.40. The zero-order valence-corrected chi connectivity index (χ0v) is 12.3. The van der Waals surface area contributed by atoms with Gasteiger partial charge in [0.25, 0.3) is 0 Å². The standard InChI is InChI=1S/C15H11BrFNO2/c1-19-11-5-10(9-18)6-12(7-11)20-15-4-2-3-14(17)13(15)8-16/h2-7H,8H2,1H3. The minimum absolute atomic E-state index is 0.337. The van der Waals surface area contributed by atoms with Gasteiger partial charge in [-0.1, -0.05) is 22.0 Å². The third-order valence-corrected chi connectivity index (χ3v) is 3.24. The number of nitriles is 1. The van der Waals surface area contributed by atoms with Crippen molar-refractivity contribution in [1.29, 1.82) is 5.26 Å². The summed E-state index contributed by atoms with van der Waals surface area (Å²) in [5.74, 6) is 0.992. The molecule has 2 aromatic carbocycles. The van der Waals surface area contributed by atoms with Crippen LogP contribution in [0.15, 0.2) is 36.4 Å². The Morgan fingerprint density at radius 2 is 2.00 bits per heavy atom. The maximum absolute atomic E-state index is 13.7. The summed E-state index contributed by atoms with van der Waals surface area (Å²) in [6, 6.07) is 11.5. The lowest BCUT2D eigenvalue weighted by atomic mass is 10.2. The van der Waals surface area contributed by atoms with Gasteiger partial charge in [-0.15, -0.1) is 0 Å². The minimum atomic E-state index is -0.345. The molecule has 0 saturated heterocycles. The molecule has 102 valence electrons. The van der Waals surface area contributed by atoms with E-state index in [4.69, 9.17) is 14.7 Å². The summed E-state index contributed by atoms with van der Waals surface area (Å²) >= 11 is 3.23. The SMILES string of the molecule is COc1cc(C#N)cc(Oc2cccc(F)c2CBr)c1. The zero-order valence-electron chi connectivity index (χ0n) is 10.7. The largest absolute Gasteiger partial charge is 0.497 e. The first kappa shape index (κ1) is 14.4. The Bertz CT molecular complexity index is 667. The second kappa shape index (κ2) is 6.40. The number of ether oxygens (including phenoxy) is 2. The first-order valence-electron chi connectivity index (χ1n) is 5.78. The Labute approximate surface area is 124 Å². The van der Waals surface area contributed by atoms with Crippen molar-refractivity contribution in [2.45, 2.75) is 5.33 Å². The smallest absolute Gasteiger partial charge is 0.134 e. The van der Waals surface area contributed by atoms with Gasteiger partial charge in [0.05, 0.1) is 18.7 Å². The predicted molar refractivity (Wildman–Crippen MR) is 76.8 cm³/mol. The molecule has 0 radical (unpaired) electrons. The third kappa shape index (κ3) is 3.09. The summed E-state index contributed by atoms with van der Waals surface area (Å²) in [6.45, 7) is 0. The van der Waals surface area contributed by atoms with Crippen molar-refractivity contribution in [3.63, 3.8) is 0 Å². The van der Waals surface area contributed by atoms with Crippen LogP contribution in [-0.2, 0) is 5.33 Å². The molecule has 0 amide bonds. The number of methoxy groups -OCH3 is 1. The monoisotopic (exact) mass is 335 g/mol. The maximum atomic E-state index is 13.7. The molecule has 5 heteroatoms. The van der Waals surface area contributed by atoms with Gasteiger partial charge in [0, 0.05) is 17.0 Å². The van der Waals surface area contributed by atoms with Gasteiger partial charge in [-0.25, -0.2) is 4.39 Å². The van der Waals surface area contributed by atoms with E-state index in [1.807, 2.05) is 6.07 Å². The van der Waals surface area contributed by atoms with Crippen LogP contribution in [0.5, 0.6) is 17.2 Å². The molecule has 0 aromatic heterocycles. The lowest BCUT2D eigenvalue weighted by molar-refractivity contribution is 0.408. The quantitative estimate of drug-likeness (QED) is 0.778. The Morgan fingerprint density at radius 1 is 1.25 bits per heavy atom. The molecule has 0 aliphatic heterocycles. The van der Waals surface area contributed by atoms with Crippen LogP contribution in [0.3, 0.4) is 0 Å². The number of hydrogen-bond donors (Lipinski definition) is 0. The number of benzene rings is 2. The first-order chi connectivity index (χ1) is 9.67. The molecule has 0 aliphatic carbocycles. The number of rotatable bonds is 4. The second-order valence-electron chi connectivity index (χ2n) is 3.96. The minimum Gasteiger partial charge on any atom is -0.497 e. The van der Waals surface area contributed by atoms with Crippen molar-refractivity contribution in [2.24, 2.45) is 0 Å². The van der Waals surface area contributed by atoms with Gasteiger partial charge in [0.1, 0.15) is 23.1 Å². The van der Waals surface area contributed by atoms with Crippen molar-refractivity contribution in [3.8, 4) is 23.3 Å². The summed E-state index contributed by atoms with van der Waals surface area (Å²) in [5.41, 5.74) is 0.838. The summed E-state index contributed by atoms with van der Waals surface area (Å²) in [6.07, 6.45) is 0. The van der Waals surface area contributed by atoms with Crippen LogP contribution >= 0.6 is 15.9 Å². The molecule has 20 heavy (non-hydrogen) atoms. The molecule has 0 bridgehead atoms. The highest BCUT2D eigenvalue weighted by Gasteiger charge is 2.10. The Kier molecular flexibility index (Phi) is 4.59. The molecular weight excluding hydrogens is 325 g/mol. The van der Waals surface area contributed by atoms with Crippen LogP contribution in [-0.4, -0.2) is 7.11 Å². The molecule has 0 aliphatic rings. The molecule has 0 atom stereocenters. The molecule has 2 aromatic rings. The van der Waals surface area contributed by atoms with Crippen molar-refractivity contribution >= 4 is 15.9 Å². The fraction of sp³-hybridized carbons (Fsp3) is 0.133. The third-order valence-electron chi connectivity index (χ3n) is 2.68. The van der Waals surface area contributed by atoms with Gasteiger partial charge in [-0.2, -0.15) is 5.26 Å². The van der Waals surface area contributed by atoms with Gasteiger partial charge in [0.2, 0.25) is 0 Å². The second-order valence-corrected chi connectivity index (χ2v) is 4.52. The highest BCUT2D eigenvalue weighted by Crippen LogP contribution is 2.31. The number of alkyl halides is 1. The van der Waals surface area contributed by atoms with Crippen LogP contribution in [0, 0.1) is 17.1 Å². The van der Waals surface area contributed by atoms with Crippen molar-refractivity contribution < 1.29 is 13.9 Å². The van der Waals surface area contributed by atoms with E-state index < -0.39 is 0 Å². The lowest BCUT2D eigenvalue weighted by Crippen LogP contribution is -1.94. The zero-order chi connectivity index (χ0) is 14.5. The summed E-state index contributed by atoms with van der Waals surface area (Å²) in [7, 11) is 1.51. The summed E-state index contributed by atoms with van der Waals surface area (Å²) < 4.78 is 24.4. The maximum Gasteiger partial charge on any atom is 0.134 e. The molecular formula is C15H11BrFNO2. The molecule has 0 N–H and O–H groups in total. The predicted octanol–water partition coefficient (Wildman–Crippen LogP) is 4.39. The van der Waals surface area contributed by atoms with Gasteiger partial charge in [-0.05, 0) is 24.3 Å². The summed E-state index contributed by atoms with van der Waals surface area (Å²) in [5, 5.41) is 9.30. The average molecular weight is 336 g/mol. The van der Waals surface area contributed by atoms with Gasteiger partial charge < -0.3 is 9.47 Å². The van der Waals surface area contributed by atoms with Gasteiger partial charge in [0.15, 0.2) is 0 Å². The van der Waals surface area contributed by atoms with E-state index in [0.29, 0.717) is 33.7 Å². The normalized spacial score (nSPS) is 9.90. The van der Waals surface area contributed by atoms with E-state index in [-0.39, 0.29) is 5.82 Å². The highest BCUT2D eigenvalue weighted by atomic mass is 79.9. The van der Waals surface area contributed by atoms with Gasteiger partial charge in [-0.3, -0.25) is 0 Å². The van der Waals surface area contributed by atoms with E-state index in [2.05, 4.69) is 15.9 Å². The van der Waals surface area contributed by atoms with Crippen molar-refractivity contribution in [3.05, 3.63) is 53.3 Å². The van der Waals surface area contributed by atoms with E-state index in [0.717, 1.165) is 0 Å². The number of hydrogen-bond acceptors (Lipinski definition) is 3. The molecule has 0 unspecified atom stereocenters. The molecule has 0 saturated carbocycles. The Morgan fingerprint density at radius 3 is 2.65 bits per heavy atom. The van der Waals surface area contributed by atoms with Crippen molar-refractivity contribution in [1.82, 2.24) is 0 Å². The average Bonchev–Trinajstić information content (AvgIpc) is 2.47. The van der Waals surface area contributed by atoms with E-state index in [1.165, 1.54) is 13.2 Å². The van der Waals surface area contributed by atoms with Crippen molar-refractivity contribution in [2.75, 3.05) is 7.11 Å². The molecule has 0 fully saturated rings. The van der Waals surface area contributed by atoms with Crippen LogP contribution in [0.4, 0.5) is 4.39 Å². The van der Waals surface area contributed by atoms with Crippen LogP contribution in [0.25, 0.3) is 0 Å². The fourth-order valence-corrected chi connectivity index (χ4v) is 2.25. The Hall–Kier alpha value is -2.06. The van der Waals surface area contributed by atoms with Crippen LogP contribution < -0.4 is 9.47 Å². The van der Waals surface area contributed by atoms with E-state index in [9.17, 15) is 4.39 Å². The van der Waals surface area contributed by atoms with E-state index in [1.54, 1.807) is 30.3 Å². The van der Waals surface area contributed by atoms with Gasteiger partial charge >= 0.3 is 0 Å². The first-order valence-corrected chi connectivity index (χ1v) is 6.90. The number of nitrogens with zero attached hydrogens (tertiary/aromatic N) is 1. The topological polar surface area (TPSA) is 42.2 Å².